The van der Waals surface area contributed by atoms with Gasteiger partial charge in [-0.05, 0) is 11.7 Å². The van der Waals surface area contributed by atoms with Crippen molar-refractivity contribution in [1.82, 2.24) is 0 Å². The molecule has 1 aromatic carbocycles. The summed E-state index contributed by atoms with van der Waals surface area (Å²) in [5.41, 5.74) is 3.26. The third-order valence-corrected chi connectivity index (χ3v) is 2.35. The van der Waals surface area contributed by atoms with E-state index in [0.717, 1.165) is 5.75 Å². The molecule has 0 atom stereocenters. The van der Waals surface area contributed by atoms with E-state index < -0.39 is 0 Å². The minimum atomic E-state index is 0.00162. The fourth-order valence-corrected chi connectivity index (χ4v) is 1.68. The van der Waals surface area contributed by atoms with Crippen molar-refractivity contribution in [3.05, 3.63) is 35.9 Å². The molecule has 1 aliphatic heterocycles. The lowest BCUT2D eigenvalue weighted by Gasteiger charge is -2.01. The summed E-state index contributed by atoms with van der Waals surface area (Å²) in [4.78, 5) is 0. The normalized spacial score (nSPS) is 13.5. The predicted octanol–water partition coefficient (Wildman–Crippen LogP) is 1.25. The fraction of sp³-hybridized carbons (Fsp3) is 0. The Labute approximate surface area is 67.9 Å². The van der Waals surface area contributed by atoms with Crippen LogP contribution in [0.2, 0.25) is 0 Å². The van der Waals surface area contributed by atoms with Crippen LogP contribution in [0.3, 0.4) is 0 Å². The molecular formula is C9H8OSi. The zero-order chi connectivity index (χ0) is 7.52. The van der Waals surface area contributed by atoms with Gasteiger partial charge in [-0.2, -0.15) is 0 Å². The number of fused-ring (bicyclic) bond motifs is 1. The van der Waals surface area contributed by atoms with E-state index in [1.54, 1.807) is 0 Å². The summed E-state index contributed by atoms with van der Waals surface area (Å²) in [5, 5.41) is 0. The van der Waals surface area contributed by atoms with E-state index in [1.807, 2.05) is 18.2 Å². The van der Waals surface area contributed by atoms with Gasteiger partial charge >= 0.3 is 0 Å². The lowest BCUT2D eigenvalue weighted by Crippen LogP contribution is -1.93. The highest BCUT2D eigenvalue weighted by Gasteiger charge is 1.97. The number of benzene rings is 1. The monoisotopic (exact) mass is 160 g/mol. The Hall–Kier alpha value is -1.15. The zero-order valence-corrected chi connectivity index (χ0v) is 7.18. The number of hydrogen-bond acceptors (Lipinski definition) is 1. The Kier molecular flexibility index (Phi) is 1.69. The third-order valence-electron chi connectivity index (χ3n) is 1.58. The standard InChI is InChI=1S/C9H8OSi/c1-2-6-9-8(4-1)5-3-7-11-10-9/h1-7,11H. The van der Waals surface area contributed by atoms with Crippen molar-refractivity contribution < 1.29 is 4.43 Å². The predicted molar refractivity (Wildman–Crippen MR) is 49.3 cm³/mol. The van der Waals surface area contributed by atoms with Crippen LogP contribution in [0.15, 0.2) is 30.3 Å². The van der Waals surface area contributed by atoms with E-state index in [1.165, 1.54) is 5.56 Å². The van der Waals surface area contributed by atoms with Crippen molar-refractivity contribution in [2.45, 2.75) is 0 Å². The molecule has 0 unspecified atom stereocenters. The Bertz CT molecular complexity index is 315. The molecule has 0 fully saturated rings. The molecule has 1 nitrogen and oxygen atoms in total. The number of allylic oxidation sites excluding steroid dienone is 1. The molecule has 0 N–H and O–H groups in total. The van der Waals surface area contributed by atoms with Gasteiger partial charge < -0.3 is 4.43 Å². The Morgan fingerprint density at radius 1 is 1.18 bits per heavy atom. The van der Waals surface area contributed by atoms with Crippen LogP contribution in [0.25, 0.3) is 6.08 Å². The maximum Gasteiger partial charge on any atom is 0.224 e. The smallest absolute Gasteiger partial charge is 0.224 e. The molecular weight excluding hydrogens is 152 g/mol. The van der Waals surface area contributed by atoms with Gasteiger partial charge in [0.25, 0.3) is 0 Å². The third kappa shape index (κ3) is 1.30. The highest BCUT2D eigenvalue weighted by Crippen LogP contribution is 2.18. The molecule has 1 aliphatic rings. The maximum absolute atomic E-state index is 5.51. The Balaban J connectivity index is 2.52. The second-order valence-corrected chi connectivity index (χ2v) is 3.24. The lowest BCUT2D eigenvalue weighted by molar-refractivity contribution is 0.611. The lowest BCUT2D eigenvalue weighted by atomic mass is 10.2. The van der Waals surface area contributed by atoms with E-state index in [0.29, 0.717) is 0 Å². The van der Waals surface area contributed by atoms with Gasteiger partial charge in [0.05, 0.1) is 0 Å². The first-order chi connectivity index (χ1) is 5.47. The first-order valence-corrected chi connectivity index (χ1v) is 4.69. The number of rotatable bonds is 0. The average Bonchev–Trinajstić information content (AvgIpc) is 2.28. The van der Waals surface area contributed by atoms with Crippen molar-refractivity contribution in [3.63, 3.8) is 0 Å². The number of para-hydroxylation sites is 1. The minimum Gasteiger partial charge on any atom is -0.519 e. The summed E-state index contributed by atoms with van der Waals surface area (Å²) in [6.07, 6.45) is 4.14. The molecule has 2 heteroatoms. The molecule has 0 aliphatic carbocycles. The van der Waals surface area contributed by atoms with Crippen molar-refractivity contribution in [2.75, 3.05) is 0 Å². The highest BCUT2D eigenvalue weighted by molar-refractivity contribution is 6.44. The summed E-state index contributed by atoms with van der Waals surface area (Å²) in [7, 11) is 0.00162. The van der Waals surface area contributed by atoms with Crippen molar-refractivity contribution in [2.24, 2.45) is 0 Å². The van der Waals surface area contributed by atoms with Gasteiger partial charge in [0.2, 0.25) is 9.38 Å². The van der Waals surface area contributed by atoms with Gasteiger partial charge in [-0.1, -0.05) is 30.4 Å². The van der Waals surface area contributed by atoms with Crippen LogP contribution in [0.1, 0.15) is 5.56 Å². The molecule has 0 bridgehead atoms. The van der Waals surface area contributed by atoms with Crippen LogP contribution in [0.4, 0.5) is 0 Å². The van der Waals surface area contributed by atoms with Gasteiger partial charge in [0.15, 0.2) is 0 Å². The second kappa shape index (κ2) is 2.84. The van der Waals surface area contributed by atoms with E-state index in [4.69, 9.17) is 4.43 Å². The molecule has 11 heavy (non-hydrogen) atoms. The summed E-state index contributed by atoms with van der Waals surface area (Å²) in [6.45, 7) is 0. The minimum absolute atomic E-state index is 0.00162. The van der Waals surface area contributed by atoms with Crippen LogP contribution < -0.4 is 4.43 Å². The molecule has 0 aromatic heterocycles. The van der Waals surface area contributed by atoms with Gasteiger partial charge in [-0.25, -0.2) is 0 Å². The topological polar surface area (TPSA) is 9.23 Å². The summed E-state index contributed by atoms with van der Waals surface area (Å²) in [5.74, 6) is 1.01. The highest BCUT2D eigenvalue weighted by atomic mass is 28.2. The van der Waals surface area contributed by atoms with Crippen molar-refractivity contribution in [1.29, 1.82) is 0 Å². The molecule has 0 amide bonds. The zero-order valence-electron chi connectivity index (χ0n) is 6.03. The van der Waals surface area contributed by atoms with Crippen LogP contribution in [-0.2, 0) is 0 Å². The van der Waals surface area contributed by atoms with Gasteiger partial charge in [-0.3, -0.25) is 0 Å². The maximum atomic E-state index is 5.51. The van der Waals surface area contributed by atoms with Crippen LogP contribution in [0, 0.1) is 0 Å². The van der Waals surface area contributed by atoms with E-state index in [-0.39, 0.29) is 9.38 Å². The Morgan fingerprint density at radius 3 is 3.09 bits per heavy atom. The molecule has 54 valence electrons. The van der Waals surface area contributed by atoms with Crippen LogP contribution >= 0.6 is 0 Å². The first-order valence-electron chi connectivity index (χ1n) is 3.56. The SMILES string of the molecule is C1=Cc2ccccc2O[SiH]=C1. The quantitative estimate of drug-likeness (QED) is 0.519. The molecule has 0 spiro atoms. The molecule has 1 heterocycles. The first kappa shape index (κ1) is 6.55. The largest absolute Gasteiger partial charge is 0.519 e. The average molecular weight is 160 g/mol. The molecule has 0 saturated heterocycles. The van der Waals surface area contributed by atoms with E-state index >= 15 is 0 Å². The van der Waals surface area contributed by atoms with Gasteiger partial charge in [0, 0.05) is 5.56 Å². The van der Waals surface area contributed by atoms with Crippen LogP contribution in [-0.4, -0.2) is 15.0 Å². The molecule has 0 radical (unpaired) electrons. The van der Waals surface area contributed by atoms with Gasteiger partial charge in [-0.15, -0.1) is 0 Å². The fourth-order valence-electron chi connectivity index (χ4n) is 1.04. The van der Waals surface area contributed by atoms with E-state index in [2.05, 4.69) is 23.9 Å². The molecule has 2 rings (SSSR count). The molecule has 0 saturated carbocycles. The van der Waals surface area contributed by atoms with Gasteiger partial charge in [0.1, 0.15) is 5.75 Å². The summed E-state index contributed by atoms with van der Waals surface area (Å²) >= 11 is 0. The summed E-state index contributed by atoms with van der Waals surface area (Å²) in [6, 6.07) is 8.08. The van der Waals surface area contributed by atoms with Crippen molar-refractivity contribution in [3.8, 4) is 5.75 Å². The van der Waals surface area contributed by atoms with Crippen molar-refractivity contribution >= 4 is 21.1 Å². The number of hydrogen-bond donors (Lipinski definition) is 0. The second-order valence-electron chi connectivity index (χ2n) is 2.34. The molecule has 1 aromatic rings. The van der Waals surface area contributed by atoms with Crippen LogP contribution in [0.5, 0.6) is 5.75 Å². The van der Waals surface area contributed by atoms with E-state index in [9.17, 15) is 0 Å². The summed E-state index contributed by atoms with van der Waals surface area (Å²) < 4.78 is 5.51. The Morgan fingerprint density at radius 2 is 2.09 bits per heavy atom.